The highest BCUT2D eigenvalue weighted by molar-refractivity contribution is 7.13. The lowest BCUT2D eigenvalue weighted by Gasteiger charge is -2.16. The minimum atomic E-state index is -0.475. The fraction of sp³-hybridized carbons (Fsp3) is 0.353. The molecule has 0 unspecified atom stereocenters. The van der Waals surface area contributed by atoms with E-state index in [1.807, 2.05) is 36.6 Å². The average Bonchev–Trinajstić information content (AvgIpc) is 2.90. The Balaban J connectivity index is 1.65. The van der Waals surface area contributed by atoms with Gasteiger partial charge >= 0.3 is 6.03 Å². The van der Waals surface area contributed by atoms with Gasteiger partial charge in [-0.1, -0.05) is 12.1 Å². The fourth-order valence-corrected chi connectivity index (χ4v) is 3.41. The van der Waals surface area contributed by atoms with Gasteiger partial charge in [-0.3, -0.25) is 4.79 Å². The summed E-state index contributed by atoms with van der Waals surface area (Å²) in [6.07, 6.45) is 2.53. The second kappa shape index (κ2) is 7.44. The van der Waals surface area contributed by atoms with Crippen molar-refractivity contribution in [3.8, 4) is 10.6 Å². The Morgan fingerprint density at radius 1 is 1.38 bits per heavy atom. The smallest absolute Gasteiger partial charge is 0.319 e. The Labute approximate surface area is 144 Å². The molecule has 1 aromatic heterocycles. The Bertz CT molecular complexity index is 744. The number of amides is 3. The van der Waals surface area contributed by atoms with Crippen molar-refractivity contribution >= 4 is 29.0 Å². The highest BCUT2D eigenvalue weighted by atomic mass is 32.1. The van der Waals surface area contributed by atoms with Crippen LogP contribution < -0.4 is 16.0 Å². The van der Waals surface area contributed by atoms with Crippen LogP contribution in [0.2, 0.25) is 0 Å². The van der Waals surface area contributed by atoms with Gasteiger partial charge in [0.25, 0.3) is 0 Å². The number of nitrogens with zero attached hydrogens (tertiary/aromatic N) is 1. The molecule has 1 aromatic carbocycles. The van der Waals surface area contributed by atoms with Gasteiger partial charge in [-0.15, -0.1) is 11.3 Å². The SMILES string of the molecule is Cc1csc(-c2cccc(NC(=O)N[C@H]3CCCCNC3=O)c2)n1. The first kappa shape index (κ1) is 16.4. The number of aryl methyl sites for hydroxylation is 1. The molecule has 0 bridgehead atoms. The van der Waals surface area contributed by atoms with Gasteiger partial charge in [0.1, 0.15) is 11.0 Å². The van der Waals surface area contributed by atoms with E-state index in [1.165, 1.54) is 0 Å². The Kier molecular flexibility index (Phi) is 5.10. The van der Waals surface area contributed by atoms with Gasteiger partial charge in [-0.25, -0.2) is 9.78 Å². The molecule has 3 rings (SSSR count). The van der Waals surface area contributed by atoms with Crippen LogP contribution in [0, 0.1) is 6.92 Å². The van der Waals surface area contributed by atoms with E-state index in [0.717, 1.165) is 29.1 Å². The maximum Gasteiger partial charge on any atom is 0.319 e. The second-order valence-corrected chi connectivity index (χ2v) is 6.67. The molecule has 1 fully saturated rings. The molecule has 1 saturated heterocycles. The third kappa shape index (κ3) is 4.11. The molecular formula is C17H20N4O2S. The van der Waals surface area contributed by atoms with E-state index < -0.39 is 6.04 Å². The number of aromatic nitrogens is 1. The van der Waals surface area contributed by atoms with Crippen molar-refractivity contribution in [3.63, 3.8) is 0 Å². The summed E-state index contributed by atoms with van der Waals surface area (Å²) < 4.78 is 0. The Morgan fingerprint density at radius 3 is 3.04 bits per heavy atom. The number of urea groups is 1. The first-order chi connectivity index (χ1) is 11.6. The number of thiazole rings is 1. The van der Waals surface area contributed by atoms with E-state index in [-0.39, 0.29) is 11.9 Å². The number of rotatable bonds is 3. The third-order valence-corrected chi connectivity index (χ3v) is 4.84. The zero-order chi connectivity index (χ0) is 16.9. The maximum atomic E-state index is 12.2. The van der Waals surface area contributed by atoms with Crippen LogP contribution in [0.3, 0.4) is 0 Å². The first-order valence-corrected chi connectivity index (χ1v) is 8.87. The number of hydrogen-bond donors (Lipinski definition) is 3. The van der Waals surface area contributed by atoms with Crippen molar-refractivity contribution < 1.29 is 9.59 Å². The molecule has 126 valence electrons. The summed E-state index contributed by atoms with van der Waals surface area (Å²) in [5.41, 5.74) is 2.61. The van der Waals surface area contributed by atoms with Crippen LogP contribution in [0.25, 0.3) is 10.6 Å². The van der Waals surface area contributed by atoms with Crippen LogP contribution in [0.4, 0.5) is 10.5 Å². The molecule has 3 N–H and O–H groups in total. The molecule has 0 radical (unpaired) electrons. The quantitative estimate of drug-likeness (QED) is 0.800. The van der Waals surface area contributed by atoms with Crippen LogP contribution in [-0.2, 0) is 4.79 Å². The van der Waals surface area contributed by atoms with Gasteiger partial charge in [0.2, 0.25) is 5.91 Å². The third-order valence-electron chi connectivity index (χ3n) is 3.83. The molecule has 2 heterocycles. The van der Waals surface area contributed by atoms with E-state index in [1.54, 1.807) is 11.3 Å². The normalized spacial score (nSPS) is 17.7. The molecule has 0 aliphatic carbocycles. The van der Waals surface area contributed by atoms with E-state index in [4.69, 9.17) is 0 Å². The summed E-state index contributed by atoms with van der Waals surface area (Å²) in [7, 11) is 0. The monoisotopic (exact) mass is 344 g/mol. The van der Waals surface area contributed by atoms with Crippen molar-refractivity contribution in [2.24, 2.45) is 0 Å². The summed E-state index contributed by atoms with van der Waals surface area (Å²) in [5.74, 6) is -0.116. The summed E-state index contributed by atoms with van der Waals surface area (Å²) >= 11 is 1.57. The Hall–Kier alpha value is -2.41. The zero-order valence-electron chi connectivity index (χ0n) is 13.5. The Morgan fingerprint density at radius 2 is 2.25 bits per heavy atom. The van der Waals surface area contributed by atoms with Crippen LogP contribution in [-0.4, -0.2) is 29.5 Å². The largest absolute Gasteiger partial charge is 0.354 e. The minimum Gasteiger partial charge on any atom is -0.354 e. The van der Waals surface area contributed by atoms with Gasteiger partial charge in [-0.2, -0.15) is 0 Å². The van der Waals surface area contributed by atoms with E-state index in [9.17, 15) is 9.59 Å². The average molecular weight is 344 g/mol. The number of carbonyl (C=O) groups excluding carboxylic acids is 2. The van der Waals surface area contributed by atoms with E-state index >= 15 is 0 Å². The molecule has 0 saturated carbocycles. The van der Waals surface area contributed by atoms with Gasteiger partial charge in [0.15, 0.2) is 0 Å². The van der Waals surface area contributed by atoms with Gasteiger partial charge in [0.05, 0.1) is 0 Å². The molecule has 7 heteroatoms. The molecule has 1 atom stereocenters. The van der Waals surface area contributed by atoms with Crippen molar-refractivity contribution in [2.45, 2.75) is 32.2 Å². The van der Waals surface area contributed by atoms with Crippen molar-refractivity contribution in [1.29, 1.82) is 0 Å². The molecule has 2 aromatic rings. The van der Waals surface area contributed by atoms with Gasteiger partial charge in [0, 0.05) is 28.9 Å². The lowest BCUT2D eigenvalue weighted by atomic mass is 10.1. The number of hydrogen-bond acceptors (Lipinski definition) is 4. The number of carbonyl (C=O) groups is 2. The van der Waals surface area contributed by atoms with Gasteiger partial charge < -0.3 is 16.0 Å². The molecule has 24 heavy (non-hydrogen) atoms. The highest BCUT2D eigenvalue weighted by Gasteiger charge is 2.22. The van der Waals surface area contributed by atoms with Crippen molar-refractivity contribution in [3.05, 3.63) is 35.3 Å². The second-order valence-electron chi connectivity index (χ2n) is 5.81. The zero-order valence-corrected chi connectivity index (χ0v) is 14.3. The predicted molar refractivity (Wildman–Crippen MR) is 95.1 cm³/mol. The summed E-state index contributed by atoms with van der Waals surface area (Å²) in [4.78, 5) is 28.5. The number of nitrogens with one attached hydrogen (secondary N) is 3. The molecule has 0 spiro atoms. The molecular weight excluding hydrogens is 324 g/mol. The fourth-order valence-electron chi connectivity index (χ4n) is 2.62. The topological polar surface area (TPSA) is 83.1 Å². The predicted octanol–water partition coefficient (Wildman–Crippen LogP) is 2.91. The summed E-state index contributed by atoms with van der Waals surface area (Å²) in [6.45, 7) is 2.63. The molecule has 3 amide bonds. The van der Waals surface area contributed by atoms with Crippen molar-refractivity contribution in [2.75, 3.05) is 11.9 Å². The molecule has 1 aliphatic heterocycles. The highest BCUT2D eigenvalue weighted by Crippen LogP contribution is 2.25. The molecule has 1 aliphatic rings. The maximum absolute atomic E-state index is 12.2. The molecule has 6 nitrogen and oxygen atoms in total. The lowest BCUT2D eigenvalue weighted by Crippen LogP contribution is -2.47. The van der Waals surface area contributed by atoms with Crippen LogP contribution in [0.1, 0.15) is 25.0 Å². The van der Waals surface area contributed by atoms with Crippen molar-refractivity contribution in [1.82, 2.24) is 15.6 Å². The van der Waals surface area contributed by atoms with Gasteiger partial charge in [-0.05, 0) is 38.3 Å². The van der Waals surface area contributed by atoms with Crippen LogP contribution in [0.15, 0.2) is 29.6 Å². The van der Waals surface area contributed by atoms with Crippen LogP contribution >= 0.6 is 11.3 Å². The standard InChI is InChI=1S/C17H20N4O2S/c1-11-10-24-16(19-11)12-5-4-6-13(9-12)20-17(23)21-14-7-2-3-8-18-15(14)22/h4-6,9-10,14H,2-3,7-8H2,1H3,(H,18,22)(H2,20,21,23)/t14-/m0/s1. The number of benzene rings is 1. The van der Waals surface area contributed by atoms with E-state index in [0.29, 0.717) is 18.7 Å². The van der Waals surface area contributed by atoms with E-state index in [2.05, 4.69) is 20.9 Å². The first-order valence-electron chi connectivity index (χ1n) is 7.99. The van der Waals surface area contributed by atoms with Crippen LogP contribution in [0.5, 0.6) is 0 Å². The number of anilines is 1. The summed E-state index contributed by atoms with van der Waals surface area (Å²) in [6, 6.07) is 6.68. The summed E-state index contributed by atoms with van der Waals surface area (Å²) in [5, 5.41) is 11.3. The minimum absolute atomic E-state index is 0.116. The lowest BCUT2D eigenvalue weighted by molar-refractivity contribution is -0.122.